The number of nitrogens with zero attached hydrogens (tertiary/aromatic N) is 2. The monoisotopic (exact) mass is 578 g/mol. The van der Waals surface area contributed by atoms with E-state index in [0.29, 0.717) is 0 Å². The molecule has 1 aliphatic heterocycles. The fourth-order valence-electron chi connectivity index (χ4n) is 7.14. The Bertz CT molecular complexity index is 2160. The Kier molecular flexibility index (Phi) is 5.69. The van der Waals surface area contributed by atoms with Crippen LogP contribution in [0.5, 0.6) is 0 Å². The summed E-state index contributed by atoms with van der Waals surface area (Å²) in [6.07, 6.45) is 0. The largest absolute Gasteiger partial charge is 0.150 e. The summed E-state index contributed by atoms with van der Waals surface area (Å²) in [6, 6.07) is 56.9. The molecule has 9 rings (SSSR count). The third-order valence-electron chi connectivity index (χ3n) is 9.07. The maximum atomic E-state index is 4.61. The minimum Gasteiger partial charge on any atom is -0.150 e. The second-order valence-electron chi connectivity index (χ2n) is 11.4. The molecule has 0 atom stereocenters. The van der Waals surface area contributed by atoms with Crippen LogP contribution in [0.15, 0.2) is 168 Å². The van der Waals surface area contributed by atoms with E-state index in [4.69, 9.17) is 0 Å². The Balaban J connectivity index is 1.20. The summed E-state index contributed by atoms with van der Waals surface area (Å²) in [6.45, 7) is 0. The van der Waals surface area contributed by atoms with Gasteiger partial charge in [-0.05, 0) is 80.9 Å². The molecule has 6 aromatic carbocycles. The molecular weight excluding hydrogens is 553 g/mol. The molecule has 7 aromatic rings. The first-order valence-electron chi connectivity index (χ1n) is 14.9. The molecule has 2 heterocycles. The molecule has 0 amide bonds. The lowest BCUT2D eigenvalue weighted by atomic mass is 9.67. The quantitative estimate of drug-likeness (QED) is 0.209. The van der Waals surface area contributed by atoms with E-state index >= 15 is 0 Å². The predicted molar refractivity (Wildman–Crippen MR) is 180 cm³/mol. The molecule has 206 valence electrons. The van der Waals surface area contributed by atoms with Gasteiger partial charge in [0.25, 0.3) is 0 Å². The van der Waals surface area contributed by atoms with Crippen molar-refractivity contribution in [3.05, 3.63) is 180 Å². The third kappa shape index (κ3) is 3.69. The van der Waals surface area contributed by atoms with Gasteiger partial charge in [0, 0.05) is 20.9 Å². The first-order chi connectivity index (χ1) is 21.8. The topological polar surface area (TPSA) is 25.8 Å². The van der Waals surface area contributed by atoms with Gasteiger partial charge in [-0.25, -0.2) is 0 Å². The van der Waals surface area contributed by atoms with Gasteiger partial charge in [0.05, 0.1) is 16.8 Å². The van der Waals surface area contributed by atoms with Crippen molar-refractivity contribution < 1.29 is 0 Å². The highest BCUT2D eigenvalue weighted by Gasteiger charge is 2.50. The molecular formula is C41H26N2S. The molecule has 0 N–H and O–H groups in total. The average molecular weight is 579 g/mol. The summed E-state index contributed by atoms with van der Waals surface area (Å²) in [5.41, 5.74) is 13.9. The smallest absolute Gasteiger partial charge is 0.0930 e. The SMILES string of the molecule is c1ccc(-c2ccc(-c3cccc(-c4ccc5c(c4)C4(c6ccccc6S5)c5ccccc5-c5ccccc54)c3)nn2)cc1. The maximum Gasteiger partial charge on any atom is 0.0930 e. The lowest BCUT2D eigenvalue weighted by Gasteiger charge is -2.40. The molecule has 3 heteroatoms. The van der Waals surface area contributed by atoms with Gasteiger partial charge in [0.15, 0.2) is 0 Å². The lowest BCUT2D eigenvalue weighted by molar-refractivity contribution is 0.723. The normalized spacial score (nSPS) is 13.5. The summed E-state index contributed by atoms with van der Waals surface area (Å²) in [4.78, 5) is 2.62. The minimum atomic E-state index is -0.378. The van der Waals surface area contributed by atoms with Gasteiger partial charge in [-0.1, -0.05) is 133 Å². The number of fused-ring (bicyclic) bond motifs is 9. The van der Waals surface area contributed by atoms with Crippen LogP contribution in [0.25, 0.3) is 44.8 Å². The van der Waals surface area contributed by atoms with Crippen LogP contribution in [0.1, 0.15) is 22.3 Å². The second-order valence-corrected chi connectivity index (χ2v) is 12.5. The van der Waals surface area contributed by atoms with E-state index in [-0.39, 0.29) is 5.41 Å². The van der Waals surface area contributed by atoms with Crippen molar-refractivity contribution >= 4 is 11.8 Å². The van der Waals surface area contributed by atoms with Crippen molar-refractivity contribution in [1.29, 1.82) is 0 Å². The van der Waals surface area contributed by atoms with Gasteiger partial charge < -0.3 is 0 Å². The zero-order valence-corrected chi connectivity index (χ0v) is 24.6. The number of benzene rings is 6. The predicted octanol–water partition coefficient (Wildman–Crippen LogP) is 10.3. The Morgan fingerprint density at radius 3 is 1.64 bits per heavy atom. The molecule has 44 heavy (non-hydrogen) atoms. The Morgan fingerprint density at radius 2 is 0.909 bits per heavy atom. The summed E-state index contributed by atoms with van der Waals surface area (Å²) >= 11 is 1.88. The van der Waals surface area contributed by atoms with Gasteiger partial charge >= 0.3 is 0 Å². The number of hydrogen-bond donors (Lipinski definition) is 0. The molecule has 1 aliphatic carbocycles. The zero-order valence-electron chi connectivity index (χ0n) is 23.8. The van der Waals surface area contributed by atoms with Crippen molar-refractivity contribution in [2.24, 2.45) is 0 Å². The highest BCUT2D eigenvalue weighted by molar-refractivity contribution is 7.99. The molecule has 0 saturated heterocycles. The lowest BCUT2D eigenvalue weighted by Crippen LogP contribution is -2.32. The average Bonchev–Trinajstić information content (AvgIpc) is 3.40. The fraction of sp³-hybridized carbons (Fsp3) is 0.0244. The van der Waals surface area contributed by atoms with Gasteiger partial charge in [0.1, 0.15) is 0 Å². The molecule has 0 bridgehead atoms. The summed E-state index contributed by atoms with van der Waals surface area (Å²) in [5, 5.41) is 9.15. The van der Waals surface area contributed by atoms with E-state index < -0.39 is 0 Å². The molecule has 0 saturated carbocycles. The van der Waals surface area contributed by atoms with Gasteiger partial charge in [0.2, 0.25) is 0 Å². The van der Waals surface area contributed by atoms with Gasteiger partial charge in [-0.2, -0.15) is 0 Å². The molecule has 1 aromatic heterocycles. The van der Waals surface area contributed by atoms with Crippen LogP contribution in [-0.2, 0) is 5.41 Å². The van der Waals surface area contributed by atoms with Crippen LogP contribution in [-0.4, -0.2) is 10.2 Å². The van der Waals surface area contributed by atoms with Crippen molar-refractivity contribution in [2.75, 3.05) is 0 Å². The minimum absolute atomic E-state index is 0.378. The standard InChI is InChI=1S/C41H26N2S/c1-2-11-27(12-3-1)37-22-23-38(43-42-37)30-14-10-13-28(25-30)29-21-24-40-36(26-29)41(35-19-8-9-20-39(35)44-40)33-17-6-4-15-31(33)32-16-5-7-18-34(32)41/h1-26H. The zero-order chi connectivity index (χ0) is 29.1. The van der Waals surface area contributed by atoms with E-state index in [9.17, 15) is 0 Å². The van der Waals surface area contributed by atoms with E-state index in [0.717, 1.165) is 28.1 Å². The number of aromatic nitrogens is 2. The maximum absolute atomic E-state index is 4.61. The Morgan fingerprint density at radius 1 is 0.364 bits per heavy atom. The van der Waals surface area contributed by atoms with E-state index in [1.807, 2.05) is 30.0 Å². The van der Waals surface area contributed by atoms with E-state index in [1.54, 1.807) is 0 Å². The first-order valence-corrected chi connectivity index (χ1v) is 15.7. The molecule has 1 spiro atoms. The summed E-state index contributed by atoms with van der Waals surface area (Å²) in [5.74, 6) is 0. The van der Waals surface area contributed by atoms with Crippen molar-refractivity contribution in [1.82, 2.24) is 10.2 Å². The Labute approximate surface area is 261 Å². The Hall–Kier alpha value is -5.25. The van der Waals surface area contributed by atoms with Crippen molar-refractivity contribution in [3.63, 3.8) is 0 Å². The van der Waals surface area contributed by atoms with Crippen LogP contribution in [0.2, 0.25) is 0 Å². The van der Waals surface area contributed by atoms with E-state index in [1.165, 1.54) is 48.7 Å². The molecule has 2 nitrogen and oxygen atoms in total. The number of rotatable bonds is 3. The van der Waals surface area contributed by atoms with Gasteiger partial charge in [-0.15, -0.1) is 10.2 Å². The number of hydrogen-bond acceptors (Lipinski definition) is 3. The van der Waals surface area contributed by atoms with Gasteiger partial charge in [-0.3, -0.25) is 0 Å². The molecule has 0 unspecified atom stereocenters. The van der Waals surface area contributed by atoms with Crippen LogP contribution in [0.3, 0.4) is 0 Å². The molecule has 0 radical (unpaired) electrons. The van der Waals surface area contributed by atoms with Crippen LogP contribution >= 0.6 is 11.8 Å². The molecule has 0 fully saturated rings. The summed E-state index contributed by atoms with van der Waals surface area (Å²) < 4.78 is 0. The van der Waals surface area contributed by atoms with Crippen LogP contribution in [0, 0.1) is 0 Å². The van der Waals surface area contributed by atoms with Crippen LogP contribution < -0.4 is 0 Å². The van der Waals surface area contributed by atoms with Crippen LogP contribution in [0.4, 0.5) is 0 Å². The van der Waals surface area contributed by atoms with E-state index in [2.05, 4.69) is 150 Å². The second kappa shape index (κ2) is 9.90. The highest BCUT2D eigenvalue weighted by Crippen LogP contribution is 2.62. The van der Waals surface area contributed by atoms with Crippen molar-refractivity contribution in [2.45, 2.75) is 15.2 Å². The summed E-state index contributed by atoms with van der Waals surface area (Å²) in [7, 11) is 0. The third-order valence-corrected chi connectivity index (χ3v) is 10.2. The van der Waals surface area contributed by atoms with Crippen molar-refractivity contribution in [3.8, 4) is 44.8 Å². The first kappa shape index (κ1) is 25.3. The highest BCUT2D eigenvalue weighted by atomic mass is 32.2. The molecule has 2 aliphatic rings. The fourth-order valence-corrected chi connectivity index (χ4v) is 8.32.